The fourth-order valence-corrected chi connectivity index (χ4v) is 5.35. The van der Waals surface area contributed by atoms with Crippen LogP contribution in [0.25, 0.3) is 6.08 Å². The van der Waals surface area contributed by atoms with E-state index in [-0.39, 0.29) is 17.9 Å². The summed E-state index contributed by atoms with van der Waals surface area (Å²) in [5.41, 5.74) is 1.73. The number of piperazine rings is 1. The highest BCUT2D eigenvalue weighted by Gasteiger charge is 2.27. The lowest BCUT2D eigenvalue weighted by Gasteiger charge is -2.36. The van der Waals surface area contributed by atoms with Crippen LogP contribution in [0.1, 0.15) is 37.7 Å². The molecule has 1 aliphatic heterocycles. The van der Waals surface area contributed by atoms with Crippen molar-refractivity contribution >= 4 is 23.7 Å². The molecular formula is C31H42N4O4. The molecule has 0 atom stereocenters. The number of methoxy groups -OCH3 is 2. The van der Waals surface area contributed by atoms with E-state index in [0.29, 0.717) is 31.9 Å². The molecule has 0 spiro atoms. The number of hydrogen-bond donors (Lipinski definition) is 1. The highest BCUT2D eigenvalue weighted by Crippen LogP contribution is 2.26. The zero-order chi connectivity index (χ0) is 27.5. The summed E-state index contributed by atoms with van der Waals surface area (Å²) in [5.74, 6) is 1.95. The first-order valence-corrected chi connectivity index (χ1v) is 14.1. The van der Waals surface area contributed by atoms with Gasteiger partial charge in [-0.3, -0.25) is 9.69 Å². The van der Waals surface area contributed by atoms with Crippen LogP contribution in [0.4, 0.5) is 10.5 Å². The average molecular weight is 535 g/mol. The Kier molecular flexibility index (Phi) is 10.7. The summed E-state index contributed by atoms with van der Waals surface area (Å²) < 4.78 is 10.7. The third kappa shape index (κ3) is 8.23. The minimum absolute atomic E-state index is 0.0986. The van der Waals surface area contributed by atoms with Crippen LogP contribution in [0.3, 0.4) is 0 Å². The molecule has 0 bridgehead atoms. The van der Waals surface area contributed by atoms with Crippen molar-refractivity contribution in [2.45, 2.75) is 32.1 Å². The van der Waals surface area contributed by atoms with Gasteiger partial charge in [0.15, 0.2) is 0 Å². The van der Waals surface area contributed by atoms with Crippen LogP contribution in [-0.4, -0.2) is 86.7 Å². The SMILES string of the molecule is COc1cccc(NC(=O)N2CCN(CCN(CC=Cc3ccccc3OC)C(=O)C3CCCCC3)CC2)c1. The molecule has 3 amide bonds. The maximum absolute atomic E-state index is 13.5. The predicted octanol–water partition coefficient (Wildman–Crippen LogP) is 4.98. The van der Waals surface area contributed by atoms with Crippen LogP contribution in [0.15, 0.2) is 54.6 Å². The number of urea groups is 1. The topological polar surface area (TPSA) is 74.3 Å². The number of hydrogen-bond acceptors (Lipinski definition) is 5. The lowest BCUT2D eigenvalue weighted by Crippen LogP contribution is -2.52. The van der Waals surface area contributed by atoms with Crippen LogP contribution in [0, 0.1) is 5.92 Å². The van der Waals surface area contributed by atoms with Crippen LogP contribution in [-0.2, 0) is 4.79 Å². The number of carbonyl (C=O) groups is 2. The number of amides is 3. The van der Waals surface area contributed by atoms with Gasteiger partial charge in [-0.1, -0.05) is 55.7 Å². The van der Waals surface area contributed by atoms with E-state index in [4.69, 9.17) is 9.47 Å². The molecule has 2 aromatic carbocycles. The van der Waals surface area contributed by atoms with Crippen LogP contribution >= 0.6 is 0 Å². The Morgan fingerprint density at radius 3 is 2.49 bits per heavy atom. The molecule has 1 saturated carbocycles. The molecule has 1 heterocycles. The molecule has 1 N–H and O–H groups in total. The summed E-state index contributed by atoms with van der Waals surface area (Å²) in [7, 11) is 3.29. The smallest absolute Gasteiger partial charge is 0.321 e. The van der Waals surface area contributed by atoms with Crippen molar-refractivity contribution in [1.82, 2.24) is 14.7 Å². The van der Waals surface area contributed by atoms with Gasteiger partial charge in [0.05, 0.1) is 14.2 Å². The first kappa shape index (κ1) is 28.5. The fourth-order valence-electron chi connectivity index (χ4n) is 5.35. The van der Waals surface area contributed by atoms with E-state index >= 15 is 0 Å². The Bertz CT molecular complexity index is 1110. The van der Waals surface area contributed by atoms with Gasteiger partial charge in [-0.15, -0.1) is 0 Å². The van der Waals surface area contributed by atoms with Gasteiger partial charge < -0.3 is 24.6 Å². The lowest BCUT2D eigenvalue weighted by atomic mass is 9.88. The van der Waals surface area contributed by atoms with Crippen LogP contribution < -0.4 is 14.8 Å². The molecule has 2 aliphatic rings. The van der Waals surface area contributed by atoms with Gasteiger partial charge in [-0.2, -0.15) is 0 Å². The summed E-state index contributed by atoms with van der Waals surface area (Å²) in [6.07, 6.45) is 9.60. The number of carbonyl (C=O) groups excluding carboxylic acids is 2. The number of para-hydroxylation sites is 1. The Morgan fingerprint density at radius 1 is 0.974 bits per heavy atom. The molecule has 2 fully saturated rings. The number of nitrogens with zero attached hydrogens (tertiary/aromatic N) is 3. The van der Waals surface area contributed by atoms with Crippen LogP contribution in [0.2, 0.25) is 0 Å². The number of ether oxygens (including phenoxy) is 2. The Balaban J connectivity index is 1.30. The molecule has 8 nitrogen and oxygen atoms in total. The van der Waals surface area contributed by atoms with E-state index in [2.05, 4.69) is 16.3 Å². The first-order chi connectivity index (χ1) is 19.1. The van der Waals surface area contributed by atoms with E-state index in [1.807, 2.05) is 64.4 Å². The maximum atomic E-state index is 13.5. The molecule has 2 aromatic rings. The van der Waals surface area contributed by atoms with E-state index in [9.17, 15) is 9.59 Å². The molecule has 0 unspecified atom stereocenters. The molecule has 0 radical (unpaired) electrons. The minimum Gasteiger partial charge on any atom is -0.497 e. The monoisotopic (exact) mass is 534 g/mol. The second-order valence-electron chi connectivity index (χ2n) is 10.3. The van der Waals surface area contributed by atoms with Gasteiger partial charge >= 0.3 is 6.03 Å². The quantitative estimate of drug-likeness (QED) is 0.466. The number of rotatable bonds is 10. The predicted molar refractivity (Wildman–Crippen MR) is 155 cm³/mol. The minimum atomic E-state index is -0.0986. The van der Waals surface area contributed by atoms with E-state index in [0.717, 1.165) is 62.3 Å². The van der Waals surface area contributed by atoms with Crippen molar-refractivity contribution in [3.63, 3.8) is 0 Å². The summed E-state index contributed by atoms with van der Waals surface area (Å²) in [6.45, 7) is 4.94. The molecule has 8 heteroatoms. The fraction of sp³-hybridized carbons (Fsp3) is 0.484. The maximum Gasteiger partial charge on any atom is 0.321 e. The zero-order valence-electron chi connectivity index (χ0n) is 23.3. The van der Waals surface area contributed by atoms with Gasteiger partial charge in [-0.05, 0) is 31.0 Å². The molecule has 1 saturated heterocycles. The van der Waals surface area contributed by atoms with Crippen molar-refractivity contribution in [1.29, 1.82) is 0 Å². The molecule has 210 valence electrons. The summed E-state index contributed by atoms with van der Waals surface area (Å²) in [5, 5.41) is 2.97. The lowest BCUT2D eigenvalue weighted by molar-refractivity contribution is -0.136. The highest BCUT2D eigenvalue weighted by molar-refractivity contribution is 5.89. The molecule has 1 aliphatic carbocycles. The van der Waals surface area contributed by atoms with Crippen molar-refractivity contribution in [3.8, 4) is 11.5 Å². The van der Waals surface area contributed by atoms with Gasteiger partial charge in [0.1, 0.15) is 11.5 Å². The largest absolute Gasteiger partial charge is 0.497 e. The van der Waals surface area contributed by atoms with Gasteiger partial charge in [-0.25, -0.2) is 4.79 Å². The number of anilines is 1. The summed E-state index contributed by atoms with van der Waals surface area (Å²) in [4.78, 5) is 32.5. The second-order valence-corrected chi connectivity index (χ2v) is 10.3. The van der Waals surface area contributed by atoms with Crippen molar-refractivity contribution in [2.24, 2.45) is 5.92 Å². The van der Waals surface area contributed by atoms with Crippen molar-refractivity contribution in [2.75, 3.05) is 65.3 Å². The second kappa shape index (κ2) is 14.6. The van der Waals surface area contributed by atoms with E-state index in [1.165, 1.54) is 6.42 Å². The average Bonchev–Trinajstić information content (AvgIpc) is 2.99. The molecule has 39 heavy (non-hydrogen) atoms. The third-order valence-electron chi connectivity index (χ3n) is 7.69. The Labute approximate surface area is 232 Å². The standard InChI is InChI=1S/C31H42N4O4/c1-38-28-15-8-14-27(24-28)32-31(37)35-22-19-33(20-23-35)18-21-34(30(36)26-11-4-3-5-12-26)17-9-13-25-10-6-7-16-29(25)39-2/h6-10,13-16,24,26H,3-5,11-12,17-23H2,1-2H3,(H,32,37). The Hall–Kier alpha value is -3.52. The van der Waals surface area contributed by atoms with E-state index in [1.54, 1.807) is 14.2 Å². The molecule has 4 rings (SSSR count). The Morgan fingerprint density at radius 2 is 1.74 bits per heavy atom. The summed E-state index contributed by atoms with van der Waals surface area (Å²) in [6, 6.07) is 15.2. The van der Waals surface area contributed by atoms with Gasteiger partial charge in [0, 0.05) is 69.0 Å². The molecular weight excluding hydrogens is 492 g/mol. The van der Waals surface area contributed by atoms with E-state index < -0.39 is 0 Å². The van der Waals surface area contributed by atoms with Crippen molar-refractivity contribution < 1.29 is 19.1 Å². The zero-order valence-corrected chi connectivity index (χ0v) is 23.3. The van der Waals surface area contributed by atoms with Crippen molar-refractivity contribution in [3.05, 3.63) is 60.2 Å². The highest BCUT2D eigenvalue weighted by atomic mass is 16.5. The van der Waals surface area contributed by atoms with Gasteiger partial charge in [0.25, 0.3) is 0 Å². The van der Waals surface area contributed by atoms with Gasteiger partial charge in [0.2, 0.25) is 5.91 Å². The normalized spacial score (nSPS) is 16.7. The van der Waals surface area contributed by atoms with Crippen LogP contribution in [0.5, 0.6) is 11.5 Å². The number of nitrogens with one attached hydrogen (secondary N) is 1. The molecule has 0 aromatic heterocycles. The first-order valence-electron chi connectivity index (χ1n) is 14.1. The number of benzene rings is 2. The summed E-state index contributed by atoms with van der Waals surface area (Å²) >= 11 is 0. The third-order valence-corrected chi connectivity index (χ3v) is 7.69.